The number of hydrogen-bond acceptors (Lipinski definition) is 5. The molecule has 0 spiro atoms. The summed E-state index contributed by atoms with van der Waals surface area (Å²) in [5.74, 6) is -1.85. The average molecular weight is 409 g/mol. The molecule has 8 nitrogen and oxygen atoms in total. The maximum atomic E-state index is 13.8. The van der Waals surface area contributed by atoms with E-state index < -0.39 is 27.7 Å². The quantitative estimate of drug-likeness (QED) is 0.539. The average Bonchev–Trinajstić information content (AvgIpc) is 2.59. The first-order valence-corrected chi connectivity index (χ1v) is 9.78. The number of benzene rings is 2. The van der Waals surface area contributed by atoms with Gasteiger partial charge < -0.3 is 15.7 Å². The molecule has 0 aliphatic carbocycles. The van der Waals surface area contributed by atoms with Crippen molar-refractivity contribution in [3.63, 3.8) is 0 Å². The Morgan fingerprint density at radius 2 is 1.86 bits per heavy atom. The zero-order valence-electron chi connectivity index (χ0n) is 15.0. The van der Waals surface area contributed by atoms with Gasteiger partial charge in [-0.05, 0) is 42.8 Å². The molecule has 0 radical (unpaired) electrons. The van der Waals surface area contributed by atoms with Gasteiger partial charge in [-0.3, -0.25) is 9.59 Å². The van der Waals surface area contributed by atoms with Crippen molar-refractivity contribution in [2.75, 3.05) is 6.54 Å². The molecule has 150 valence electrons. The summed E-state index contributed by atoms with van der Waals surface area (Å²) in [6.45, 7) is 1.53. The summed E-state index contributed by atoms with van der Waals surface area (Å²) in [5, 5.41) is 19.7. The van der Waals surface area contributed by atoms with E-state index in [2.05, 4.69) is 10.6 Å². The number of nitrogens with one attached hydrogen (secondary N) is 2. The molecule has 0 saturated heterocycles. The third-order valence-electron chi connectivity index (χ3n) is 3.86. The minimum absolute atomic E-state index is 0.00230. The number of sulfonamides is 1. The Kier molecular flexibility index (Phi) is 6.71. The third-order valence-corrected chi connectivity index (χ3v) is 4.77. The SMILES string of the molecule is Cc1ccc(C(=O)NCCC(=O)NCc2cc(S(N)(=O)=O)ccc2F)c(O)c1. The number of primary sulfonamides is 1. The predicted molar refractivity (Wildman–Crippen MR) is 99.4 cm³/mol. The highest BCUT2D eigenvalue weighted by molar-refractivity contribution is 7.89. The fourth-order valence-corrected chi connectivity index (χ4v) is 2.93. The zero-order valence-corrected chi connectivity index (χ0v) is 15.8. The summed E-state index contributed by atoms with van der Waals surface area (Å²) in [6.07, 6.45) is -0.0884. The number of halogens is 1. The largest absolute Gasteiger partial charge is 0.507 e. The van der Waals surface area contributed by atoms with Crippen LogP contribution in [0.5, 0.6) is 5.75 Å². The van der Waals surface area contributed by atoms with Crippen molar-refractivity contribution in [1.82, 2.24) is 10.6 Å². The highest BCUT2D eigenvalue weighted by Gasteiger charge is 2.13. The number of hydrogen-bond donors (Lipinski definition) is 4. The molecule has 2 rings (SSSR count). The highest BCUT2D eigenvalue weighted by atomic mass is 32.2. The summed E-state index contributed by atoms with van der Waals surface area (Å²) < 4.78 is 36.4. The summed E-state index contributed by atoms with van der Waals surface area (Å²) in [6, 6.07) is 7.63. The smallest absolute Gasteiger partial charge is 0.255 e. The fraction of sp³-hybridized carbons (Fsp3) is 0.222. The van der Waals surface area contributed by atoms with Crippen molar-refractivity contribution in [2.24, 2.45) is 5.14 Å². The number of phenols is 1. The van der Waals surface area contributed by atoms with E-state index in [-0.39, 0.29) is 41.3 Å². The van der Waals surface area contributed by atoms with Crippen LogP contribution in [0.25, 0.3) is 0 Å². The predicted octanol–water partition coefficient (Wildman–Crippen LogP) is 0.923. The van der Waals surface area contributed by atoms with Crippen molar-refractivity contribution in [2.45, 2.75) is 24.8 Å². The van der Waals surface area contributed by atoms with Gasteiger partial charge in [0.05, 0.1) is 10.5 Å². The second-order valence-electron chi connectivity index (χ2n) is 6.10. The molecule has 0 fully saturated rings. The number of rotatable bonds is 7. The molecule has 10 heteroatoms. The Balaban J connectivity index is 1.86. The molecule has 0 aromatic heterocycles. The van der Waals surface area contributed by atoms with Crippen molar-refractivity contribution >= 4 is 21.8 Å². The minimum atomic E-state index is -3.98. The number of amides is 2. The normalized spacial score (nSPS) is 11.1. The number of carbonyl (C=O) groups excluding carboxylic acids is 2. The lowest BCUT2D eigenvalue weighted by molar-refractivity contribution is -0.121. The van der Waals surface area contributed by atoms with Crippen LogP contribution in [-0.2, 0) is 21.4 Å². The molecule has 0 unspecified atom stereocenters. The first kappa shape index (κ1) is 21.3. The van der Waals surface area contributed by atoms with Crippen LogP contribution in [0.1, 0.15) is 27.9 Å². The van der Waals surface area contributed by atoms with Crippen LogP contribution in [-0.4, -0.2) is 31.9 Å². The standard InChI is InChI=1S/C18H20FN3O5S/c1-11-2-4-14(16(23)8-11)18(25)21-7-6-17(24)22-10-12-9-13(28(20,26)27)3-5-15(12)19/h2-5,8-9,23H,6-7,10H2,1H3,(H,21,25)(H,22,24)(H2,20,26,27). The van der Waals surface area contributed by atoms with E-state index in [1.807, 2.05) is 0 Å². The maximum Gasteiger partial charge on any atom is 0.255 e. The van der Waals surface area contributed by atoms with E-state index in [0.29, 0.717) is 0 Å². The van der Waals surface area contributed by atoms with Crippen molar-refractivity contribution in [3.05, 3.63) is 58.9 Å². The van der Waals surface area contributed by atoms with E-state index in [1.165, 1.54) is 12.1 Å². The van der Waals surface area contributed by atoms with Crippen LogP contribution in [0.4, 0.5) is 4.39 Å². The zero-order chi connectivity index (χ0) is 20.9. The summed E-state index contributed by atoms with van der Waals surface area (Å²) in [4.78, 5) is 23.6. The van der Waals surface area contributed by atoms with Gasteiger partial charge in [-0.1, -0.05) is 6.07 Å². The summed E-state index contributed by atoms with van der Waals surface area (Å²) >= 11 is 0. The van der Waals surface area contributed by atoms with E-state index in [0.717, 1.165) is 23.8 Å². The number of aromatic hydroxyl groups is 1. The molecule has 28 heavy (non-hydrogen) atoms. The number of nitrogens with two attached hydrogens (primary N) is 1. The molecule has 2 aromatic rings. The molecule has 0 aliphatic rings. The second-order valence-corrected chi connectivity index (χ2v) is 7.66. The third kappa shape index (κ3) is 5.76. The fourth-order valence-electron chi connectivity index (χ4n) is 2.36. The molecule has 0 bridgehead atoms. The van der Waals surface area contributed by atoms with Gasteiger partial charge in [-0.2, -0.15) is 0 Å². The minimum Gasteiger partial charge on any atom is -0.507 e. The first-order chi connectivity index (χ1) is 13.1. The Labute approximate surface area is 161 Å². The molecule has 0 atom stereocenters. The van der Waals surface area contributed by atoms with Gasteiger partial charge >= 0.3 is 0 Å². The number of phenolic OH excluding ortho intramolecular Hbond substituents is 1. The lowest BCUT2D eigenvalue weighted by Gasteiger charge is -2.09. The topological polar surface area (TPSA) is 139 Å². The van der Waals surface area contributed by atoms with Gasteiger partial charge in [0.2, 0.25) is 15.9 Å². The molecule has 2 amide bonds. The van der Waals surface area contributed by atoms with Gasteiger partial charge in [0, 0.05) is 25.1 Å². The monoisotopic (exact) mass is 409 g/mol. The van der Waals surface area contributed by atoms with E-state index in [9.17, 15) is 27.5 Å². The Hall–Kier alpha value is -2.98. The number of carbonyl (C=O) groups is 2. The molecule has 0 aliphatic heterocycles. The Morgan fingerprint density at radius 1 is 1.14 bits per heavy atom. The lowest BCUT2D eigenvalue weighted by Crippen LogP contribution is -2.30. The van der Waals surface area contributed by atoms with E-state index >= 15 is 0 Å². The van der Waals surface area contributed by atoms with Gasteiger partial charge in [0.1, 0.15) is 11.6 Å². The lowest BCUT2D eigenvalue weighted by atomic mass is 10.1. The van der Waals surface area contributed by atoms with Gasteiger partial charge in [0.25, 0.3) is 5.91 Å². The van der Waals surface area contributed by atoms with Crippen LogP contribution in [0, 0.1) is 12.7 Å². The van der Waals surface area contributed by atoms with Gasteiger partial charge in [0.15, 0.2) is 0 Å². The molecule has 0 heterocycles. The van der Waals surface area contributed by atoms with E-state index in [1.54, 1.807) is 13.0 Å². The maximum absolute atomic E-state index is 13.8. The van der Waals surface area contributed by atoms with Crippen LogP contribution >= 0.6 is 0 Å². The molecule has 5 N–H and O–H groups in total. The molecule has 0 saturated carbocycles. The van der Waals surface area contributed by atoms with Crippen LogP contribution in [0.3, 0.4) is 0 Å². The summed E-state index contributed by atoms with van der Waals surface area (Å²) in [7, 11) is -3.98. The van der Waals surface area contributed by atoms with Crippen LogP contribution < -0.4 is 15.8 Å². The highest BCUT2D eigenvalue weighted by Crippen LogP contribution is 2.18. The van der Waals surface area contributed by atoms with Crippen molar-refractivity contribution in [3.8, 4) is 5.75 Å². The van der Waals surface area contributed by atoms with Gasteiger partial charge in [-0.25, -0.2) is 17.9 Å². The first-order valence-electron chi connectivity index (χ1n) is 8.23. The van der Waals surface area contributed by atoms with Crippen molar-refractivity contribution < 1.29 is 27.5 Å². The van der Waals surface area contributed by atoms with Crippen molar-refractivity contribution in [1.29, 1.82) is 0 Å². The number of aryl methyl sites for hydroxylation is 1. The molecular formula is C18H20FN3O5S. The van der Waals surface area contributed by atoms with Crippen LogP contribution in [0.15, 0.2) is 41.3 Å². The van der Waals surface area contributed by atoms with Gasteiger partial charge in [-0.15, -0.1) is 0 Å². The van der Waals surface area contributed by atoms with Crippen LogP contribution in [0.2, 0.25) is 0 Å². The Morgan fingerprint density at radius 3 is 2.50 bits per heavy atom. The Bertz CT molecular complexity index is 1010. The van der Waals surface area contributed by atoms with E-state index in [4.69, 9.17) is 5.14 Å². The second kappa shape index (κ2) is 8.81. The molecular weight excluding hydrogens is 389 g/mol. The summed E-state index contributed by atoms with van der Waals surface area (Å²) in [5.41, 5.74) is 0.855. The molecule has 2 aromatic carbocycles.